The van der Waals surface area contributed by atoms with Crippen LogP contribution in [0.4, 0.5) is 0 Å². The summed E-state index contributed by atoms with van der Waals surface area (Å²) in [5.74, 6) is -2.30. The van der Waals surface area contributed by atoms with Crippen molar-refractivity contribution >= 4 is 17.9 Å². The lowest BCUT2D eigenvalue weighted by Gasteiger charge is -2.26. The van der Waals surface area contributed by atoms with Gasteiger partial charge in [-0.1, -0.05) is 301 Å². The number of carboxylic acids is 1. The largest absolute Gasteiger partial charge is 0.545 e. The lowest BCUT2D eigenvalue weighted by atomic mass is 10.0. The summed E-state index contributed by atoms with van der Waals surface area (Å²) in [7, 11) is 5.92. The summed E-state index contributed by atoms with van der Waals surface area (Å²) < 4.78 is 22.8. The number of carbonyl (C=O) groups excluding carboxylic acids is 3. The third kappa shape index (κ3) is 70.5. The molecule has 0 aliphatic rings. The van der Waals surface area contributed by atoms with Gasteiger partial charge in [0, 0.05) is 12.8 Å². The zero-order chi connectivity index (χ0) is 64.7. The fraction of sp³-hybridized carbons (Fsp3) is 0.662. The highest BCUT2D eigenvalue weighted by Gasteiger charge is 2.22. The summed E-state index contributed by atoms with van der Waals surface area (Å²) in [6, 6.07) is 0. The summed E-state index contributed by atoms with van der Waals surface area (Å²) >= 11 is 0. The van der Waals surface area contributed by atoms with Gasteiger partial charge in [0.1, 0.15) is 13.2 Å². The van der Waals surface area contributed by atoms with E-state index in [4.69, 9.17) is 18.9 Å². The minimum Gasteiger partial charge on any atom is -0.545 e. The highest BCUT2D eigenvalue weighted by molar-refractivity contribution is 5.70. The molecule has 0 aromatic heterocycles. The average molecular weight is 1240 g/mol. The van der Waals surface area contributed by atoms with E-state index >= 15 is 0 Å². The van der Waals surface area contributed by atoms with Gasteiger partial charge in [-0.15, -0.1) is 0 Å². The van der Waals surface area contributed by atoms with Crippen LogP contribution in [-0.4, -0.2) is 82.3 Å². The Kier molecular flexibility index (Phi) is 65.3. The number of unbranched alkanes of at least 4 members (excludes halogenated alkanes) is 26. The van der Waals surface area contributed by atoms with Crippen LogP contribution in [0.25, 0.3) is 0 Å². The number of quaternary nitrogens is 1. The van der Waals surface area contributed by atoms with Crippen molar-refractivity contribution in [2.75, 3.05) is 47.5 Å². The van der Waals surface area contributed by atoms with Crippen LogP contribution in [0.2, 0.25) is 0 Å². The van der Waals surface area contributed by atoms with E-state index in [1.807, 2.05) is 21.1 Å². The monoisotopic (exact) mass is 1240 g/mol. The number of hydrogen-bond donors (Lipinski definition) is 0. The Morgan fingerprint density at radius 2 is 0.607 bits per heavy atom. The number of carboxylic acid groups (broad SMARTS) is 1. The van der Waals surface area contributed by atoms with Gasteiger partial charge in [-0.2, -0.15) is 0 Å². The van der Waals surface area contributed by atoms with Crippen LogP contribution in [0.3, 0.4) is 0 Å². The Balaban J connectivity index is 4.07. The Morgan fingerprint density at radius 1 is 0.337 bits per heavy atom. The molecule has 506 valence electrons. The summed E-state index contributed by atoms with van der Waals surface area (Å²) in [5, 5.41) is 11.8. The van der Waals surface area contributed by atoms with Gasteiger partial charge >= 0.3 is 11.9 Å². The highest BCUT2D eigenvalue weighted by atomic mass is 16.7. The van der Waals surface area contributed by atoms with Crippen molar-refractivity contribution in [2.45, 2.75) is 296 Å². The lowest BCUT2D eigenvalue weighted by Crippen LogP contribution is -2.44. The Bertz CT molecular complexity index is 1970. The van der Waals surface area contributed by atoms with Crippen LogP contribution in [0.1, 0.15) is 284 Å². The van der Waals surface area contributed by atoms with E-state index in [9.17, 15) is 19.5 Å². The van der Waals surface area contributed by atoms with Crippen molar-refractivity contribution < 1.29 is 42.9 Å². The summed E-state index contributed by atoms with van der Waals surface area (Å²) in [4.78, 5) is 37.5. The maximum Gasteiger partial charge on any atom is 0.306 e. The molecular weight excluding hydrogens is 1100 g/mol. The topological polar surface area (TPSA) is 111 Å². The second-order valence-corrected chi connectivity index (χ2v) is 24.8. The summed E-state index contributed by atoms with van der Waals surface area (Å²) in [5.41, 5.74) is 0. The van der Waals surface area contributed by atoms with Crippen LogP contribution >= 0.6 is 0 Å². The van der Waals surface area contributed by atoms with Crippen LogP contribution in [-0.2, 0) is 33.3 Å². The van der Waals surface area contributed by atoms with E-state index in [2.05, 4.69) is 160 Å². The first kappa shape index (κ1) is 84.2. The first-order valence-corrected chi connectivity index (χ1v) is 36.0. The first-order chi connectivity index (χ1) is 43.6. The highest BCUT2D eigenvalue weighted by Crippen LogP contribution is 2.17. The maximum absolute atomic E-state index is 12.9. The van der Waals surface area contributed by atoms with E-state index in [1.54, 1.807) is 0 Å². The molecule has 9 nitrogen and oxygen atoms in total. The lowest BCUT2D eigenvalue weighted by molar-refractivity contribution is -0.870. The van der Waals surface area contributed by atoms with Crippen molar-refractivity contribution in [3.05, 3.63) is 146 Å². The molecule has 0 saturated heterocycles. The zero-order valence-corrected chi connectivity index (χ0v) is 57.8. The van der Waals surface area contributed by atoms with Crippen molar-refractivity contribution in [1.29, 1.82) is 0 Å². The van der Waals surface area contributed by atoms with Crippen LogP contribution in [0.5, 0.6) is 0 Å². The van der Waals surface area contributed by atoms with Gasteiger partial charge < -0.3 is 33.3 Å². The number of ether oxygens (including phenoxy) is 4. The van der Waals surface area contributed by atoms with Gasteiger partial charge in [0.2, 0.25) is 0 Å². The predicted octanol–water partition coefficient (Wildman–Crippen LogP) is 21.4. The fourth-order valence-corrected chi connectivity index (χ4v) is 9.66. The molecule has 0 spiro atoms. The predicted molar refractivity (Wildman–Crippen MR) is 379 cm³/mol. The molecule has 0 aromatic rings. The molecule has 0 rings (SSSR count). The third-order valence-corrected chi connectivity index (χ3v) is 15.1. The Morgan fingerprint density at radius 3 is 0.899 bits per heavy atom. The quantitative estimate of drug-likeness (QED) is 0.0195. The second kappa shape index (κ2) is 69.1. The van der Waals surface area contributed by atoms with E-state index < -0.39 is 24.3 Å². The molecule has 0 amide bonds. The molecule has 0 N–H and O–H groups in total. The van der Waals surface area contributed by atoms with Crippen molar-refractivity contribution in [2.24, 2.45) is 0 Å². The van der Waals surface area contributed by atoms with Crippen LogP contribution in [0.15, 0.2) is 146 Å². The number of allylic oxidation sites excluding steroid dienone is 24. The van der Waals surface area contributed by atoms with Crippen molar-refractivity contribution in [1.82, 2.24) is 0 Å². The van der Waals surface area contributed by atoms with E-state index in [0.29, 0.717) is 17.4 Å². The number of rotatable bonds is 65. The van der Waals surface area contributed by atoms with Gasteiger partial charge in [-0.3, -0.25) is 9.59 Å². The minimum absolute atomic E-state index is 0.141. The molecule has 89 heavy (non-hydrogen) atoms. The summed E-state index contributed by atoms with van der Waals surface area (Å²) in [6.07, 6.45) is 97.9. The second-order valence-electron chi connectivity index (χ2n) is 24.8. The van der Waals surface area contributed by atoms with Crippen LogP contribution in [0, 0.1) is 0 Å². The molecule has 0 bridgehead atoms. The molecule has 9 heteroatoms. The van der Waals surface area contributed by atoms with Gasteiger partial charge in [-0.25, -0.2) is 0 Å². The molecule has 0 fully saturated rings. The van der Waals surface area contributed by atoms with Gasteiger partial charge in [0.15, 0.2) is 12.4 Å². The molecule has 0 aliphatic carbocycles. The first-order valence-electron chi connectivity index (χ1n) is 36.0. The van der Waals surface area contributed by atoms with Crippen molar-refractivity contribution in [3.63, 3.8) is 0 Å². The van der Waals surface area contributed by atoms with Crippen molar-refractivity contribution in [3.8, 4) is 0 Å². The average Bonchev–Trinajstić information content (AvgIpc) is 3.64. The Labute approximate surface area is 547 Å². The number of nitrogens with zero attached hydrogens (tertiary/aromatic N) is 1. The zero-order valence-electron chi connectivity index (χ0n) is 57.8. The van der Waals surface area contributed by atoms with E-state index in [-0.39, 0.29) is 38.6 Å². The fourth-order valence-electron chi connectivity index (χ4n) is 9.66. The standard InChI is InChI=1S/C80H133NO8/c1-6-8-10-12-14-16-18-20-22-24-26-28-30-31-32-33-34-35-36-37-38-39-40-41-42-43-44-45-46-47-49-51-53-55-57-59-61-63-65-67-69-71-78(83)89-76(75-88-80(79(84)85)86-73-72-81(3,4)5)74-87-77(82)70-68-66-64-62-60-58-56-54-52-50-48-29-27-25-23-21-19-17-15-13-11-9-7-2/h8-11,14-17,20-23,26-29,31-32,34-35,37-38,50,52,76,80H,6-7,12-13,18-19,24-25,30,33,36,39-49,51,53-75H2,1-5H3/b10-8-,11-9-,16-14-,17-15-,22-20-,23-21-,28-26-,29-27-,32-31-,35-34-,38-37-,52-50-. The SMILES string of the molecule is CC/C=C\C/C=C\C/C=C\C/C=C\C/C=C\C/C=C\C/C=C\CCCCCCCCCCCCCCCCCCCCCC(=O)OC(COC(=O)CCCCCCCCC/C=C\C/C=C\C/C=C\C/C=C\C/C=C\CC)COC(OCC[N+](C)(C)C)C(=O)[O-]. The van der Waals surface area contributed by atoms with Gasteiger partial charge in [0.25, 0.3) is 0 Å². The number of aliphatic carboxylic acids is 1. The van der Waals surface area contributed by atoms with Gasteiger partial charge in [0.05, 0.1) is 40.3 Å². The molecule has 0 aromatic carbocycles. The molecule has 0 radical (unpaired) electrons. The molecule has 0 heterocycles. The smallest absolute Gasteiger partial charge is 0.306 e. The number of likely N-dealkylation sites (N-methyl/N-ethyl adjacent to an activating group) is 1. The van der Waals surface area contributed by atoms with E-state index in [1.165, 1.54) is 122 Å². The number of carbonyl (C=O) groups is 3. The molecular formula is C80H133NO8. The number of esters is 2. The summed E-state index contributed by atoms with van der Waals surface area (Å²) in [6.45, 7) is 4.51. The van der Waals surface area contributed by atoms with Gasteiger partial charge in [-0.05, 0) is 116 Å². The molecule has 0 saturated carbocycles. The maximum atomic E-state index is 12.9. The van der Waals surface area contributed by atoms with E-state index in [0.717, 1.165) is 128 Å². The normalized spacial score (nSPS) is 13.6. The molecule has 2 unspecified atom stereocenters. The third-order valence-electron chi connectivity index (χ3n) is 15.1. The molecule has 0 aliphatic heterocycles. The minimum atomic E-state index is -1.63. The number of hydrogen-bond acceptors (Lipinski definition) is 8. The van der Waals surface area contributed by atoms with Crippen LogP contribution < -0.4 is 5.11 Å². The Hall–Kier alpha value is -4.83. The molecule has 2 atom stereocenters.